The summed E-state index contributed by atoms with van der Waals surface area (Å²) in [5.41, 5.74) is 1.06. The van der Waals surface area contributed by atoms with E-state index in [1.165, 1.54) is 0 Å². The van der Waals surface area contributed by atoms with Gasteiger partial charge in [0.2, 0.25) is 0 Å². The number of hydrogen-bond donors (Lipinski definition) is 0. The Balaban J connectivity index is 3.25. The molecule has 0 aliphatic carbocycles. The predicted molar refractivity (Wildman–Crippen MR) is 53.9 cm³/mol. The molecule has 0 radical (unpaired) electrons. The molecule has 0 aliphatic rings. The summed E-state index contributed by atoms with van der Waals surface area (Å²) in [4.78, 5) is 0. The third-order valence-electron chi connectivity index (χ3n) is 1.90. The van der Waals surface area contributed by atoms with Gasteiger partial charge in [-0.2, -0.15) is 0 Å². The Bertz CT molecular complexity index is 272. The first-order chi connectivity index (χ1) is 6.22. The van der Waals surface area contributed by atoms with Crippen LogP contribution in [0.4, 0.5) is 0 Å². The molecule has 1 rings (SSSR count). The first-order valence-electron chi connectivity index (χ1n) is 4.13. The first-order valence-corrected chi connectivity index (χ1v) is 4.51. The second-order valence-electron chi connectivity index (χ2n) is 2.65. The molecule has 2 nitrogen and oxygen atoms in total. The molecule has 0 saturated heterocycles. The fraction of sp³-hybridized carbons (Fsp3) is 0.400. The summed E-state index contributed by atoms with van der Waals surface area (Å²) in [6.07, 6.45) is 0.875. The molecule has 0 bridgehead atoms. The van der Waals surface area contributed by atoms with Crippen molar-refractivity contribution in [3.63, 3.8) is 0 Å². The molecule has 1 aromatic rings. The van der Waals surface area contributed by atoms with E-state index in [-0.39, 0.29) is 0 Å². The van der Waals surface area contributed by atoms with Crippen LogP contribution in [0.1, 0.15) is 12.5 Å². The molecule has 0 heterocycles. The maximum absolute atomic E-state index is 5.90. The number of rotatable bonds is 3. The molecule has 0 aromatic heterocycles. The monoisotopic (exact) mass is 200 g/mol. The highest BCUT2D eigenvalue weighted by atomic mass is 35.5. The summed E-state index contributed by atoms with van der Waals surface area (Å²) >= 11 is 5.90. The van der Waals surface area contributed by atoms with Crippen LogP contribution in [0.15, 0.2) is 12.1 Å². The van der Waals surface area contributed by atoms with Crippen LogP contribution < -0.4 is 9.47 Å². The SMILES string of the molecule is CCc1cc(Cl)cc(OC)c1OC. The Labute approximate surface area is 83.4 Å². The molecule has 0 fully saturated rings. The van der Waals surface area contributed by atoms with Gasteiger partial charge < -0.3 is 9.47 Å². The topological polar surface area (TPSA) is 18.5 Å². The molecule has 1 aromatic carbocycles. The zero-order chi connectivity index (χ0) is 9.84. The number of halogens is 1. The van der Waals surface area contributed by atoms with Crippen molar-refractivity contribution in [2.75, 3.05) is 14.2 Å². The third kappa shape index (κ3) is 2.07. The summed E-state index contributed by atoms with van der Waals surface area (Å²) in [6.45, 7) is 2.05. The Morgan fingerprint density at radius 2 is 1.92 bits per heavy atom. The lowest BCUT2D eigenvalue weighted by atomic mass is 10.1. The minimum Gasteiger partial charge on any atom is -0.493 e. The van der Waals surface area contributed by atoms with Crippen LogP contribution in [0.25, 0.3) is 0 Å². The standard InChI is InChI=1S/C10H13ClO2/c1-4-7-5-8(11)6-9(12-2)10(7)13-3/h5-6H,4H2,1-3H3. The number of aryl methyl sites for hydroxylation is 1. The smallest absolute Gasteiger partial charge is 0.163 e. The van der Waals surface area contributed by atoms with Crippen molar-refractivity contribution >= 4 is 11.6 Å². The number of benzene rings is 1. The van der Waals surface area contributed by atoms with Crippen molar-refractivity contribution < 1.29 is 9.47 Å². The van der Waals surface area contributed by atoms with Crippen LogP contribution in [0.2, 0.25) is 5.02 Å². The zero-order valence-corrected chi connectivity index (χ0v) is 8.81. The molecule has 0 N–H and O–H groups in total. The fourth-order valence-corrected chi connectivity index (χ4v) is 1.50. The van der Waals surface area contributed by atoms with E-state index in [0.717, 1.165) is 17.7 Å². The molecule has 0 aliphatic heterocycles. The molecular weight excluding hydrogens is 188 g/mol. The van der Waals surface area contributed by atoms with Crippen molar-refractivity contribution in [1.29, 1.82) is 0 Å². The van der Waals surface area contributed by atoms with E-state index in [9.17, 15) is 0 Å². The number of methoxy groups -OCH3 is 2. The Morgan fingerprint density at radius 1 is 1.23 bits per heavy atom. The minimum atomic E-state index is 0.675. The van der Waals surface area contributed by atoms with E-state index < -0.39 is 0 Å². The van der Waals surface area contributed by atoms with E-state index in [0.29, 0.717) is 10.8 Å². The van der Waals surface area contributed by atoms with Gasteiger partial charge in [-0.3, -0.25) is 0 Å². The Kier molecular flexibility index (Phi) is 3.43. The second-order valence-corrected chi connectivity index (χ2v) is 3.09. The summed E-state index contributed by atoms with van der Waals surface area (Å²) in [5.74, 6) is 1.46. The van der Waals surface area contributed by atoms with Crippen molar-refractivity contribution in [2.24, 2.45) is 0 Å². The normalized spacial score (nSPS) is 9.85. The predicted octanol–water partition coefficient (Wildman–Crippen LogP) is 2.92. The van der Waals surface area contributed by atoms with E-state index in [1.54, 1.807) is 20.3 Å². The molecule has 0 unspecified atom stereocenters. The van der Waals surface area contributed by atoms with Crippen molar-refractivity contribution in [3.05, 3.63) is 22.7 Å². The van der Waals surface area contributed by atoms with E-state index in [1.807, 2.05) is 13.0 Å². The molecule has 0 spiro atoms. The summed E-state index contributed by atoms with van der Waals surface area (Å²) in [7, 11) is 3.23. The zero-order valence-electron chi connectivity index (χ0n) is 8.06. The van der Waals surface area contributed by atoms with Gasteiger partial charge >= 0.3 is 0 Å². The van der Waals surface area contributed by atoms with Crippen molar-refractivity contribution in [2.45, 2.75) is 13.3 Å². The first kappa shape index (κ1) is 10.2. The van der Waals surface area contributed by atoms with Gasteiger partial charge in [0.25, 0.3) is 0 Å². The van der Waals surface area contributed by atoms with E-state index in [4.69, 9.17) is 21.1 Å². The Hall–Kier alpha value is -0.890. The lowest BCUT2D eigenvalue weighted by Gasteiger charge is -2.11. The van der Waals surface area contributed by atoms with Crippen LogP contribution in [0.3, 0.4) is 0 Å². The third-order valence-corrected chi connectivity index (χ3v) is 2.12. The molecule has 3 heteroatoms. The minimum absolute atomic E-state index is 0.675. The average molecular weight is 201 g/mol. The maximum Gasteiger partial charge on any atom is 0.163 e. The highest BCUT2D eigenvalue weighted by Crippen LogP contribution is 2.34. The molecule has 0 saturated carbocycles. The van der Waals surface area contributed by atoms with E-state index >= 15 is 0 Å². The fourth-order valence-electron chi connectivity index (χ4n) is 1.27. The number of hydrogen-bond acceptors (Lipinski definition) is 2. The van der Waals surface area contributed by atoms with Gasteiger partial charge in [0.05, 0.1) is 14.2 Å². The maximum atomic E-state index is 5.90. The van der Waals surface area contributed by atoms with Gasteiger partial charge in [-0.15, -0.1) is 0 Å². The summed E-state index contributed by atoms with van der Waals surface area (Å²) < 4.78 is 10.4. The van der Waals surface area contributed by atoms with Crippen LogP contribution in [-0.4, -0.2) is 14.2 Å². The lowest BCUT2D eigenvalue weighted by molar-refractivity contribution is 0.352. The van der Waals surface area contributed by atoms with Gasteiger partial charge in [0.1, 0.15) is 0 Å². The van der Waals surface area contributed by atoms with Crippen LogP contribution in [0, 0.1) is 0 Å². The number of ether oxygens (including phenoxy) is 2. The molecular formula is C10H13ClO2. The average Bonchev–Trinajstić information content (AvgIpc) is 2.16. The highest BCUT2D eigenvalue weighted by Gasteiger charge is 2.09. The molecule has 72 valence electrons. The molecule has 13 heavy (non-hydrogen) atoms. The van der Waals surface area contributed by atoms with Gasteiger partial charge in [-0.1, -0.05) is 18.5 Å². The van der Waals surface area contributed by atoms with Gasteiger partial charge in [-0.25, -0.2) is 0 Å². The highest BCUT2D eigenvalue weighted by molar-refractivity contribution is 6.30. The van der Waals surface area contributed by atoms with Crippen molar-refractivity contribution in [1.82, 2.24) is 0 Å². The quantitative estimate of drug-likeness (QED) is 0.747. The van der Waals surface area contributed by atoms with Crippen molar-refractivity contribution in [3.8, 4) is 11.5 Å². The molecule has 0 atom stereocenters. The summed E-state index contributed by atoms with van der Waals surface area (Å²) in [6, 6.07) is 3.64. The van der Waals surface area contributed by atoms with Gasteiger partial charge in [-0.05, 0) is 18.1 Å². The van der Waals surface area contributed by atoms with Gasteiger partial charge in [0.15, 0.2) is 11.5 Å². The Morgan fingerprint density at radius 3 is 2.38 bits per heavy atom. The van der Waals surface area contributed by atoms with Gasteiger partial charge in [0, 0.05) is 11.1 Å². The lowest BCUT2D eigenvalue weighted by Crippen LogP contribution is -1.95. The van der Waals surface area contributed by atoms with Crippen LogP contribution >= 0.6 is 11.6 Å². The summed E-state index contributed by atoms with van der Waals surface area (Å²) in [5, 5.41) is 0.675. The molecule has 0 amide bonds. The second kappa shape index (κ2) is 4.38. The largest absolute Gasteiger partial charge is 0.493 e. The van der Waals surface area contributed by atoms with E-state index in [2.05, 4.69) is 0 Å². The van der Waals surface area contributed by atoms with Crippen LogP contribution in [0.5, 0.6) is 11.5 Å². The van der Waals surface area contributed by atoms with Crippen LogP contribution in [-0.2, 0) is 6.42 Å².